The molecule has 0 atom stereocenters. The second-order valence-corrected chi connectivity index (χ2v) is 9.78. The molecule has 8 heteroatoms. The number of hydrogen-bond acceptors (Lipinski definition) is 3. The van der Waals surface area contributed by atoms with Gasteiger partial charge in [0.2, 0.25) is 5.91 Å². The highest BCUT2D eigenvalue weighted by Gasteiger charge is 2.23. The first-order chi connectivity index (χ1) is 15.6. The molecule has 3 aromatic rings. The third-order valence-corrected chi connectivity index (χ3v) is 5.66. The smallest absolute Gasteiger partial charge is 0.315 e. The highest BCUT2D eigenvalue weighted by atomic mass is 79.9. The predicted octanol–water partition coefficient (Wildman–Crippen LogP) is 5.73. The summed E-state index contributed by atoms with van der Waals surface area (Å²) in [4.78, 5) is 27.1. The van der Waals surface area contributed by atoms with E-state index in [1.54, 1.807) is 16.8 Å². The van der Waals surface area contributed by atoms with E-state index < -0.39 is 0 Å². The van der Waals surface area contributed by atoms with Gasteiger partial charge in [0.1, 0.15) is 12.4 Å². The minimum Gasteiger partial charge on any atom is -0.315 e. The van der Waals surface area contributed by atoms with Gasteiger partial charge in [0, 0.05) is 28.2 Å². The number of carbonyl (C=O) groups excluding carboxylic acids is 2. The normalized spacial score (nSPS) is 11.2. The van der Waals surface area contributed by atoms with Crippen LogP contribution in [0.4, 0.5) is 16.3 Å². The van der Waals surface area contributed by atoms with Crippen LogP contribution in [0.15, 0.2) is 59.1 Å². The fourth-order valence-corrected chi connectivity index (χ4v) is 3.67. The number of urea groups is 1. The number of nitrogens with zero attached hydrogens (tertiary/aromatic N) is 3. The molecule has 0 radical (unpaired) electrons. The zero-order valence-corrected chi connectivity index (χ0v) is 21.2. The summed E-state index contributed by atoms with van der Waals surface area (Å²) in [5.41, 5.74) is 3.26. The fourth-order valence-electron chi connectivity index (χ4n) is 3.27. The molecule has 0 saturated carbocycles. The van der Waals surface area contributed by atoms with Crippen LogP contribution >= 0.6 is 15.9 Å². The van der Waals surface area contributed by atoms with Crippen LogP contribution in [0.1, 0.15) is 39.0 Å². The summed E-state index contributed by atoms with van der Waals surface area (Å²) in [5, 5.41) is 10.6. The van der Waals surface area contributed by atoms with Gasteiger partial charge >= 0.3 is 6.03 Å². The van der Waals surface area contributed by atoms with Crippen molar-refractivity contribution in [1.29, 1.82) is 0 Å². The molecular formula is C25H30BrN5O2. The maximum atomic E-state index is 12.9. The van der Waals surface area contributed by atoms with Crippen LogP contribution in [0.5, 0.6) is 0 Å². The lowest BCUT2D eigenvalue weighted by molar-refractivity contribution is -0.116. The SMILES string of the molecule is CCN(CC(=O)Nc1cc(C(C)(C)C)nn1-c1ccccc1C)C(=O)Nc1cccc(Br)c1. The number of amides is 3. The van der Waals surface area contributed by atoms with E-state index in [0.29, 0.717) is 18.1 Å². The molecule has 0 bridgehead atoms. The number of halogens is 1. The van der Waals surface area contributed by atoms with Gasteiger partial charge in [-0.3, -0.25) is 4.79 Å². The van der Waals surface area contributed by atoms with Gasteiger partial charge in [-0.05, 0) is 43.7 Å². The zero-order chi connectivity index (χ0) is 24.2. The van der Waals surface area contributed by atoms with Crippen LogP contribution in [0.25, 0.3) is 5.69 Å². The first kappa shape index (κ1) is 24.5. The summed E-state index contributed by atoms with van der Waals surface area (Å²) in [5.74, 6) is 0.277. The Bertz CT molecular complexity index is 1150. The lowest BCUT2D eigenvalue weighted by Crippen LogP contribution is -2.40. The van der Waals surface area contributed by atoms with E-state index in [0.717, 1.165) is 21.4 Å². The number of benzene rings is 2. The quantitative estimate of drug-likeness (QED) is 0.443. The van der Waals surface area contributed by atoms with Crippen molar-refractivity contribution in [3.8, 4) is 5.69 Å². The van der Waals surface area contributed by atoms with Crippen LogP contribution in [0.3, 0.4) is 0 Å². The van der Waals surface area contributed by atoms with Crippen molar-refractivity contribution in [2.24, 2.45) is 0 Å². The number of aromatic nitrogens is 2. The maximum absolute atomic E-state index is 12.9. The Labute approximate surface area is 203 Å². The summed E-state index contributed by atoms with van der Waals surface area (Å²) >= 11 is 3.39. The van der Waals surface area contributed by atoms with Crippen molar-refractivity contribution in [3.05, 3.63) is 70.3 Å². The second-order valence-electron chi connectivity index (χ2n) is 8.87. The van der Waals surface area contributed by atoms with Crippen molar-refractivity contribution in [2.45, 2.75) is 40.0 Å². The number of carbonyl (C=O) groups is 2. The van der Waals surface area contributed by atoms with E-state index in [1.165, 1.54) is 4.90 Å². The van der Waals surface area contributed by atoms with Gasteiger partial charge in [0.25, 0.3) is 0 Å². The summed E-state index contributed by atoms with van der Waals surface area (Å²) in [6, 6.07) is 16.7. The fraction of sp³-hybridized carbons (Fsp3) is 0.320. The van der Waals surface area contributed by atoms with E-state index in [9.17, 15) is 9.59 Å². The first-order valence-electron chi connectivity index (χ1n) is 10.9. The zero-order valence-electron chi connectivity index (χ0n) is 19.6. The molecule has 0 saturated heterocycles. The van der Waals surface area contributed by atoms with E-state index in [1.807, 2.05) is 56.3 Å². The first-order valence-corrected chi connectivity index (χ1v) is 11.7. The van der Waals surface area contributed by atoms with Gasteiger partial charge in [0.15, 0.2) is 0 Å². The van der Waals surface area contributed by atoms with Crippen LogP contribution in [0, 0.1) is 6.92 Å². The molecule has 0 spiro atoms. The molecule has 1 aromatic heterocycles. The number of likely N-dealkylation sites (N-methyl/N-ethyl adjacent to an activating group) is 1. The van der Waals surface area contributed by atoms with Crippen LogP contribution < -0.4 is 10.6 Å². The van der Waals surface area contributed by atoms with Crippen molar-refractivity contribution < 1.29 is 9.59 Å². The number of nitrogens with one attached hydrogen (secondary N) is 2. The molecule has 7 nitrogen and oxygen atoms in total. The van der Waals surface area contributed by atoms with Crippen molar-refractivity contribution >= 4 is 39.4 Å². The molecule has 2 N–H and O–H groups in total. The lowest BCUT2D eigenvalue weighted by atomic mass is 9.92. The number of para-hydroxylation sites is 1. The minimum absolute atomic E-state index is 0.0832. The minimum atomic E-state index is -0.339. The van der Waals surface area contributed by atoms with Crippen LogP contribution in [-0.2, 0) is 10.2 Å². The van der Waals surface area contributed by atoms with Crippen molar-refractivity contribution in [2.75, 3.05) is 23.7 Å². The van der Waals surface area contributed by atoms with Crippen LogP contribution in [-0.4, -0.2) is 39.7 Å². The van der Waals surface area contributed by atoms with E-state index in [2.05, 4.69) is 47.3 Å². The molecule has 0 aliphatic rings. The third-order valence-electron chi connectivity index (χ3n) is 5.17. The monoisotopic (exact) mass is 511 g/mol. The average Bonchev–Trinajstić information content (AvgIpc) is 3.16. The average molecular weight is 512 g/mol. The molecule has 33 heavy (non-hydrogen) atoms. The highest BCUT2D eigenvalue weighted by molar-refractivity contribution is 9.10. The number of aryl methyl sites for hydroxylation is 1. The molecule has 174 valence electrons. The maximum Gasteiger partial charge on any atom is 0.322 e. The Morgan fingerprint density at radius 2 is 1.79 bits per heavy atom. The summed E-state index contributed by atoms with van der Waals surface area (Å²) in [6.07, 6.45) is 0. The standard InChI is InChI=1S/C25H30BrN5O2/c1-6-30(24(33)27-19-12-9-11-18(26)14-19)16-23(32)28-22-15-21(25(3,4)5)29-31(22)20-13-8-7-10-17(20)2/h7-15H,6,16H2,1-5H3,(H,27,33)(H,28,32). The van der Waals surface area contributed by atoms with Gasteiger partial charge in [-0.1, -0.05) is 61.0 Å². The molecular weight excluding hydrogens is 482 g/mol. The Hall–Kier alpha value is -3.13. The Morgan fingerprint density at radius 3 is 2.42 bits per heavy atom. The molecule has 2 aromatic carbocycles. The van der Waals surface area contributed by atoms with Crippen LogP contribution in [0.2, 0.25) is 0 Å². The van der Waals surface area contributed by atoms with Crippen molar-refractivity contribution in [1.82, 2.24) is 14.7 Å². The molecule has 0 aliphatic carbocycles. The molecule has 0 fully saturated rings. The topological polar surface area (TPSA) is 79.3 Å². The Balaban J connectivity index is 1.79. The van der Waals surface area contributed by atoms with E-state index in [-0.39, 0.29) is 23.9 Å². The molecule has 0 unspecified atom stereocenters. The predicted molar refractivity (Wildman–Crippen MR) is 136 cm³/mol. The van der Waals surface area contributed by atoms with E-state index in [4.69, 9.17) is 5.10 Å². The van der Waals surface area contributed by atoms with Gasteiger partial charge in [0.05, 0.1) is 11.4 Å². The second kappa shape index (κ2) is 10.2. The molecule has 3 rings (SSSR count). The highest BCUT2D eigenvalue weighted by Crippen LogP contribution is 2.27. The Morgan fingerprint density at radius 1 is 1.06 bits per heavy atom. The molecule has 1 heterocycles. The number of rotatable bonds is 6. The molecule has 0 aliphatic heterocycles. The summed E-state index contributed by atoms with van der Waals surface area (Å²) in [7, 11) is 0. The lowest BCUT2D eigenvalue weighted by Gasteiger charge is -2.21. The summed E-state index contributed by atoms with van der Waals surface area (Å²) < 4.78 is 2.62. The summed E-state index contributed by atoms with van der Waals surface area (Å²) in [6.45, 7) is 10.4. The largest absolute Gasteiger partial charge is 0.322 e. The molecule has 3 amide bonds. The third kappa shape index (κ3) is 6.22. The Kier molecular flexibility index (Phi) is 7.58. The van der Waals surface area contributed by atoms with E-state index >= 15 is 0 Å². The number of anilines is 2. The van der Waals surface area contributed by atoms with Gasteiger partial charge in [-0.15, -0.1) is 0 Å². The van der Waals surface area contributed by atoms with Gasteiger partial charge in [-0.2, -0.15) is 5.10 Å². The number of hydrogen-bond donors (Lipinski definition) is 2. The van der Waals surface area contributed by atoms with Crippen molar-refractivity contribution in [3.63, 3.8) is 0 Å². The van der Waals surface area contributed by atoms with Gasteiger partial charge < -0.3 is 15.5 Å². The van der Waals surface area contributed by atoms with Gasteiger partial charge in [-0.25, -0.2) is 9.48 Å².